The van der Waals surface area contributed by atoms with Crippen LogP contribution in [0, 0.1) is 6.92 Å². The van der Waals surface area contributed by atoms with Gasteiger partial charge >= 0.3 is 0 Å². The highest BCUT2D eigenvalue weighted by Gasteiger charge is 2.12. The number of nitrogens with one attached hydrogen (secondary N) is 1. The van der Waals surface area contributed by atoms with Gasteiger partial charge in [-0.25, -0.2) is 10.5 Å². The van der Waals surface area contributed by atoms with E-state index in [0.717, 1.165) is 11.1 Å². The average molecular weight is 361 g/mol. The van der Waals surface area contributed by atoms with Crippen LogP contribution in [0.2, 0.25) is 10.0 Å². The van der Waals surface area contributed by atoms with Crippen molar-refractivity contribution in [3.63, 3.8) is 0 Å². The normalized spacial score (nSPS) is 11.6. The Morgan fingerprint density at radius 1 is 1.04 bits per heavy atom. The largest absolute Gasteiger partial charge is 0.453 e. The number of benzene rings is 2. The van der Waals surface area contributed by atoms with Gasteiger partial charge in [-0.15, -0.1) is 0 Å². The minimum Gasteiger partial charge on any atom is -0.453 e. The smallest absolute Gasteiger partial charge is 0.193 e. The van der Waals surface area contributed by atoms with E-state index in [9.17, 15) is 5.21 Å². The van der Waals surface area contributed by atoms with Crippen molar-refractivity contribution in [1.29, 1.82) is 0 Å². The molecule has 24 heavy (non-hydrogen) atoms. The Morgan fingerprint density at radius 2 is 1.83 bits per heavy atom. The van der Waals surface area contributed by atoms with Crippen LogP contribution in [0.1, 0.15) is 11.3 Å². The van der Waals surface area contributed by atoms with Gasteiger partial charge in [0.05, 0.1) is 5.69 Å². The second-order valence-electron chi connectivity index (χ2n) is 5.18. The lowest BCUT2D eigenvalue weighted by Crippen LogP contribution is -2.19. The molecule has 6 heteroatoms. The minimum atomic E-state index is 0.190. The van der Waals surface area contributed by atoms with Gasteiger partial charge in [-0.3, -0.25) is 5.21 Å². The quantitative estimate of drug-likeness (QED) is 0.362. The number of hydrogen-bond acceptors (Lipinski definition) is 3. The Balaban J connectivity index is 1.96. The first-order valence-corrected chi connectivity index (χ1v) is 7.93. The van der Waals surface area contributed by atoms with E-state index in [4.69, 9.17) is 27.6 Å². The summed E-state index contributed by atoms with van der Waals surface area (Å²) in [5.41, 5.74) is 4.58. The van der Waals surface area contributed by atoms with Crippen LogP contribution in [0.15, 0.2) is 64.0 Å². The van der Waals surface area contributed by atoms with Crippen molar-refractivity contribution >= 4 is 34.7 Å². The predicted octanol–water partition coefficient (Wildman–Crippen LogP) is 5.62. The Hall–Kier alpha value is -2.27. The van der Waals surface area contributed by atoms with E-state index in [1.165, 1.54) is 0 Å². The molecule has 0 spiro atoms. The third-order valence-electron chi connectivity index (χ3n) is 3.45. The summed E-state index contributed by atoms with van der Waals surface area (Å²) in [6, 6.07) is 16.1. The standard InChI is InChI=1S/C18H14Cl2N2O2/c1-11-9-13(20)5-6-15(11)16-7-8-17(24-16)18(22-23)21-14-4-2-3-12(19)10-14/h2-10,23H,1H3,(H,21,22). The second kappa shape index (κ2) is 7.09. The van der Waals surface area contributed by atoms with Gasteiger partial charge in [0.1, 0.15) is 5.76 Å². The first-order valence-electron chi connectivity index (χ1n) is 7.18. The van der Waals surface area contributed by atoms with Crippen LogP contribution in [-0.4, -0.2) is 11.0 Å². The van der Waals surface area contributed by atoms with Gasteiger partial charge in [0.2, 0.25) is 0 Å². The molecular formula is C18H14Cl2N2O2. The topological polar surface area (TPSA) is 57.8 Å². The number of nitrogens with zero attached hydrogens (tertiary/aromatic N) is 1. The first-order chi connectivity index (χ1) is 11.6. The summed E-state index contributed by atoms with van der Waals surface area (Å²) < 4.78 is 5.82. The van der Waals surface area contributed by atoms with Crippen LogP contribution in [0.3, 0.4) is 0 Å². The van der Waals surface area contributed by atoms with Gasteiger partial charge in [-0.1, -0.05) is 29.3 Å². The second-order valence-corrected chi connectivity index (χ2v) is 6.05. The molecular weight excluding hydrogens is 347 g/mol. The van der Waals surface area contributed by atoms with Gasteiger partial charge in [-0.05, 0) is 61.0 Å². The fraction of sp³-hybridized carbons (Fsp3) is 0.0556. The number of halogens is 2. The molecule has 3 rings (SSSR count). The average Bonchev–Trinajstić information content (AvgIpc) is 3.02. The third-order valence-corrected chi connectivity index (χ3v) is 3.92. The van der Waals surface area contributed by atoms with E-state index >= 15 is 0 Å². The summed E-state index contributed by atoms with van der Waals surface area (Å²) in [5, 5.41) is 10.6. The summed E-state index contributed by atoms with van der Waals surface area (Å²) in [6.07, 6.45) is 0. The zero-order chi connectivity index (χ0) is 17.1. The zero-order valence-electron chi connectivity index (χ0n) is 12.8. The molecule has 0 bridgehead atoms. The molecule has 0 unspecified atom stereocenters. The van der Waals surface area contributed by atoms with Crippen LogP contribution < -0.4 is 5.48 Å². The molecule has 2 N–H and O–H groups in total. The Labute approximate surface area is 149 Å². The molecule has 0 aliphatic carbocycles. The Bertz CT molecular complexity index is 904. The van der Waals surface area contributed by atoms with Crippen molar-refractivity contribution in [2.24, 2.45) is 4.99 Å². The molecule has 1 aromatic heterocycles. The maximum Gasteiger partial charge on any atom is 0.193 e. The SMILES string of the molecule is Cc1cc(Cl)ccc1-c1ccc(C(=Nc2cccc(Cl)c2)NO)o1. The van der Waals surface area contributed by atoms with Gasteiger partial charge in [-0.2, -0.15) is 0 Å². The van der Waals surface area contributed by atoms with Crippen LogP contribution in [0.4, 0.5) is 5.69 Å². The molecule has 0 radical (unpaired) electrons. The summed E-state index contributed by atoms with van der Waals surface area (Å²) in [4.78, 5) is 4.31. The molecule has 1 heterocycles. The third kappa shape index (κ3) is 3.62. The molecule has 2 aromatic carbocycles. The molecule has 0 atom stereocenters. The molecule has 0 saturated carbocycles. The zero-order valence-corrected chi connectivity index (χ0v) is 14.3. The van der Waals surface area contributed by atoms with Crippen LogP contribution in [0.25, 0.3) is 11.3 Å². The maximum absolute atomic E-state index is 9.39. The summed E-state index contributed by atoms with van der Waals surface area (Å²) in [5.74, 6) is 1.25. The van der Waals surface area contributed by atoms with Gasteiger partial charge in [0.15, 0.2) is 11.6 Å². The highest BCUT2D eigenvalue weighted by Crippen LogP contribution is 2.28. The van der Waals surface area contributed by atoms with Crippen molar-refractivity contribution in [3.8, 4) is 11.3 Å². The maximum atomic E-state index is 9.39. The van der Waals surface area contributed by atoms with E-state index in [2.05, 4.69) is 10.5 Å². The number of furan rings is 1. The van der Waals surface area contributed by atoms with Gasteiger partial charge in [0.25, 0.3) is 0 Å². The summed E-state index contributed by atoms with van der Waals surface area (Å²) in [6.45, 7) is 1.95. The monoisotopic (exact) mass is 360 g/mol. The van der Waals surface area contributed by atoms with Crippen LogP contribution in [-0.2, 0) is 0 Å². The molecule has 0 aliphatic rings. The van der Waals surface area contributed by atoms with Crippen molar-refractivity contribution in [3.05, 3.63) is 76.0 Å². The van der Waals surface area contributed by atoms with Gasteiger partial charge in [0, 0.05) is 15.6 Å². The molecule has 0 fully saturated rings. The molecule has 0 amide bonds. The lowest BCUT2D eigenvalue weighted by Gasteiger charge is -2.04. The molecule has 3 aromatic rings. The van der Waals surface area contributed by atoms with E-state index in [-0.39, 0.29) is 5.84 Å². The fourth-order valence-electron chi connectivity index (χ4n) is 2.32. The van der Waals surface area contributed by atoms with Gasteiger partial charge < -0.3 is 4.42 Å². The van der Waals surface area contributed by atoms with Crippen molar-refractivity contribution in [1.82, 2.24) is 5.48 Å². The Kier molecular flexibility index (Phi) is 4.90. The lowest BCUT2D eigenvalue weighted by atomic mass is 10.1. The number of aryl methyl sites for hydroxylation is 1. The van der Waals surface area contributed by atoms with E-state index in [1.807, 2.05) is 25.1 Å². The van der Waals surface area contributed by atoms with E-state index < -0.39 is 0 Å². The predicted molar refractivity (Wildman–Crippen MR) is 96.5 cm³/mol. The lowest BCUT2D eigenvalue weighted by molar-refractivity contribution is 0.233. The van der Waals surface area contributed by atoms with Crippen molar-refractivity contribution < 1.29 is 9.62 Å². The van der Waals surface area contributed by atoms with Crippen LogP contribution in [0.5, 0.6) is 0 Å². The molecule has 0 aliphatic heterocycles. The number of hydroxylamine groups is 1. The molecule has 0 saturated heterocycles. The minimum absolute atomic E-state index is 0.190. The van der Waals surface area contributed by atoms with Crippen molar-refractivity contribution in [2.45, 2.75) is 6.92 Å². The summed E-state index contributed by atoms with van der Waals surface area (Å²) in [7, 11) is 0. The number of amidine groups is 1. The number of aliphatic imine (C=N–C) groups is 1. The van der Waals surface area contributed by atoms with Crippen molar-refractivity contribution in [2.75, 3.05) is 0 Å². The number of rotatable bonds is 3. The highest BCUT2D eigenvalue weighted by molar-refractivity contribution is 6.31. The van der Waals surface area contributed by atoms with E-state index in [1.54, 1.807) is 36.4 Å². The first kappa shape index (κ1) is 16.6. The highest BCUT2D eigenvalue weighted by atomic mass is 35.5. The summed E-state index contributed by atoms with van der Waals surface area (Å²) >= 11 is 11.9. The van der Waals surface area contributed by atoms with E-state index in [0.29, 0.717) is 27.3 Å². The fourth-order valence-corrected chi connectivity index (χ4v) is 2.73. The molecule has 4 nitrogen and oxygen atoms in total. The number of hydrogen-bond donors (Lipinski definition) is 2. The Morgan fingerprint density at radius 3 is 2.54 bits per heavy atom. The van der Waals surface area contributed by atoms with Crippen LogP contribution >= 0.6 is 23.2 Å². The molecule has 122 valence electrons.